The lowest BCUT2D eigenvalue weighted by atomic mass is 10.2. The Balaban J connectivity index is 1.96. The summed E-state index contributed by atoms with van der Waals surface area (Å²) in [6.07, 6.45) is 0. The summed E-state index contributed by atoms with van der Waals surface area (Å²) < 4.78 is 47.2. The highest BCUT2D eigenvalue weighted by Gasteiger charge is 2.15. The number of nitrogens with one attached hydrogen (secondary N) is 2. The summed E-state index contributed by atoms with van der Waals surface area (Å²) in [4.78, 5) is 13.0. The standard InChI is InChI=1S/C18H18ClF3N2O3/c1-24(10-17(25)23-14-5-4-12(20)8-13(14)19)9-11-3-6-15(27-18(21)22)16(7-11)26-2/h3-8,18H,9-10H2,1-2H3,(H,23,25)/p+1. The molecule has 2 rings (SSSR count). The molecule has 1 atom stereocenters. The predicted octanol–water partition coefficient (Wildman–Crippen LogP) is 2.74. The Bertz CT molecular complexity index is 805. The summed E-state index contributed by atoms with van der Waals surface area (Å²) >= 11 is 5.88. The monoisotopic (exact) mass is 403 g/mol. The average Bonchev–Trinajstić information content (AvgIpc) is 2.58. The first-order valence-corrected chi connectivity index (χ1v) is 8.34. The van der Waals surface area contributed by atoms with Gasteiger partial charge in [0.2, 0.25) is 0 Å². The second kappa shape index (κ2) is 9.48. The van der Waals surface area contributed by atoms with Crippen LogP contribution in [0.15, 0.2) is 36.4 Å². The van der Waals surface area contributed by atoms with Crippen LogP contribution in [0.3, 0.4) is 0 Å². The smallest absolute Gasteiger partial charge is 0.387 e. The number of anilines is 1. The van der Waals surface area contributed by atoms with E-state index < -0.39 is 12.4 Å². The normalized spacial score (nSPS) is 12.0. The maximum atomic E-state index is 13.0. The van der Waals surface area contributed by atoms with Crippen molar-refractivity contribution in [3.05, 3.63) is 52.8 Å². The van der Waals surface area contributed by atoms with E-state index >= 15 is 0 Å². The molecule has 0 aliphatic heterocycles. The summed E-state index contributed by atoms with van der Waals surface area (Å²) in [6.45, 7) is -2.39. The molecule has 2 aromatic rings. The molecule has 1 amide bonds. The molecule has 1 unspecified atom stereocenters. The molecule has 0 fully saturated rings. The van der Waals surface area contributed by atoms with E-state index in [2.05, 4.69) is 10.1 Å². The molecule has 5 nitrogen and oxygen atoms in total. The Morgan fingerprint density at radius 1 is 1.22 bits per heavy atom. The summed E-state index contributed by atoms with van der Waals surface area (Å²) in [5.74, 6) is -0.666. The molecule has 0 aromatic heterocycles. The van der Waals surface area contributed by atoms with E-state index in [1.54, 1.807) is 19.2 Å². The van der Waals surface area contributed by atoms with Gasteiger partial charge in [0.1, 0.15) is 12.4 Å². The van der Waals surface area contributed by atoms with Gasteiger partial charge in [-0.15, -0.1) is 0 Å². The van der Waals surface area contributed by atoms with Gasteiger partial charge in [0, 0.05) is 5.56 Å². The molecule has 0 spiro atoms. The molecule has 2 N–H and O–H groups in total. The number of hydrogen-bond donors (Lipinski definition) is 2. The van der Waals surface area contributed by atoms with Gasteiger partial charge in [-0.05, 0) is 36.4 Å². The quantitative estimate of drug-likeness (QED) is 0.712. The van der Waals surface area contributed by atoms with Gasteiger partial charge >= 0.3 is 6.61 Å². The molecule has 0 radical (unpaired) electrons. The number of quaternary nitrogens is 1. The third-order valence-electron chi connectivity index (χ3n) is 3.62. The van der Waals surface area contributed by atoms with Crippen LogP contribution >= 0.6 is 11.6 Å². The number of amides is 1. The molecule has 27 heavy (non-hydrogen) atoms. The molecule has 0 aliphatic rings. The minimum atomic E-state index is -2.94. The molecule has 2 aromatic carbocycles. The third-order valence-corrected chi connectivity index (χ3v) is 3.93. The number of methoxy groups -OCH3 is 1. The van der Waals surface area contributed by atoms with E-state index in [9.17, 15) is 18.0 Å². The number of rotatable bonds is 8. The molecule has 0 aliphatic carbocycles. The average molecular weight is 404 g/mol. The van der Waals surface area contributed by atoms with Gasteiger partial charge in [0.05, 0.1) is 24.9 Å². The van der Waals surface area contributed by atoms with Crippen LogP contribution in [0.5, 0.6) is 11.5 Å². The van der Waals surface area contributed by atoms with Crippen molar-refractivity contribution in [2.45, 2.75) is 13.2 Å². The van der Waals surface area contributed by atoms with Gasteiger partial charge in [0.15, 0.2) is 18.0 Å². The van der Waals surface area contributed by atoms with Crippen molar-refractivity contribution < 1.29 is 32.3 Å². The number of carbonyl (C=O) groups is 1. The topological polar surface area (TPSA) is 52.0 Å². The Labute approximate surface area is 159 Å². The lowest BCUT2D eigenvalue weighted by Crippen LogP contribution is -3.08. The van der Waals surface area contributed by atoms with Crippen LogP contribution in [0.2, 0.25) is 5.02 Å². The highest BCUT2D eigenvalue weighted by atomic mass is 35.5. The van der Waals surface area contributed by atoms with Gasteiger partial charge in [-0.1, -0.05) is 11.6 Å². The lowest BCUT2D eigenvalue weighted by molar-refractivity contribution is -0.885. The van der Waals surface area contributed by atoms with E-state index in [4.69, 9.17) is 16.3 Å². The van der Waals surface area contributed by atoms with Crippen molar-refractivity contribution in [2.75, 3.05) is 26.0 Å². The van der Waals surface area contributed by atoms with Crippen molar-refractivity contribution in [3.63, 3.8) is 0 Å². The van der Waals surface area contributed by atoms with Crippen molar-refractivity contribution in [3.8, 4) is 11.5 Å². The molecule has 0 heterocycles. The number of halogens is 4. The van der Waals surface area contributed by atoms with Gasteiger partial charge in [-0.3, -0.25) is 4.79 Å². The third kappa shape index (κ3) is 6.33. The largest absolute Gasteiger partial charge is 0.493 e. The van der Waals surface area contributed by atoms with Crippen molar-refractivity contribution >= 4 is 23.2 Å². The molecule has 0 saturated heterocycles. The minimum absolute atomic E-state index is 0.0578. The van der Waals surface area contributed by atoms with Gasteiger partial charge in [0.25, 0.3) is 5.91 Å². The van der Waals surface area contributed by atoms with E-state index in [-0.39, 0.29) is 29.0 Å². The van der Waals surface area contributed by atoms with Crippen LogP contribution in [-0.2, 0) is 11.3 Å². The fraction of sp³-hybridized carbons (Fsp3) is 0.278. The highest BCUT2D eigenvalue weighted by molar-refractivity contribution is 6.33. The van der Waals surface area contributed by atoms with Crippen LogP contribution in [0.4, 0.5) is 18.9 Å². The fourth-order valence-electron chi connectivity index (χ4n) is 2.49. The van der Waals surface area contributed by atoms with Gasteiger partial charge in [-0.2, -0.15) is 8.78 Å². The summed E-state index contributed by atoms with van der Waals surface area (Å²) in [6, 6.07) is 8.30. The molecular formula is C18H19ClF3N2O3+. The zero-order valence-corrected chi connectivity index (χ0v) is 15.4. The van der Waals surface area contributed by atoms with E-state index in [0.717, 1.165) is 16.5 Å². The first-order chi connectivity index (χ1) is 12.8. The van der Waals surface area contributed by atoms with Crippen LogP contribution < -0.4 is 19.7 Å². The maximum Gasteiger partial charge on any atom is 0.387 e. The molecular weight excluding hydrogens is 385 g/mol. The van der Waals surface area contributed by atoms with Crippen LogP contribution in [-0.4, -0.2) is 33.2 Å². The van der Waals surface area contributed by atoms with Crippen molar-refractivity contribution in [1.29, 1.82) is 0 Å². The van der Waals surface area contributed by atoms with Gasteiger partial charge < -0.3 is 19.7 Å². The number of benzene rings is 2. The first kappa shape index (κ1) is 20.9. The Morgan fingerprint density at radius 2 is 1.96 bits per heavy atom. The van der Waals surface area contributed by atoms with E-state index in [1.807, 2.05) is 0 Å². The molecule has 146 valence electrons. The van der Waals surface area contributed by atoms with E-state index in [1.165, 1.54) is 25.3 Å². The maximum absolute atomic E-state index is 13.0. The summed E-state index contributed by atoms with van der Waals surface area (Å²) in [5, 5.41) is 2.73. The summed E-state index contributed by atoms with van der Waals surface area (Å²) in [5.41, 5.74) is 1.10. The zero-order chi connectivity index (χ0) is 20.0. The van der Waals surface area contributed by atoms with Crippen LogP contribution in [0.1, 0.15) is 5.56 Å². The predicted molar refractivity (Wildman–Crippen MR) is 95.1 cm³/mol. The number of alkyl halides is 2. The minimum Gasteiger partial charge on any atom is -0.493 e. The molecule has 0 saturated carbocycles. The first-order valence-electron chi connectivity index (χ1n) is 7.96. The van der Waals surface area contributed by atoms with Crippen molar-refractivity contribution in [1.82, 2.24) is 0 Å². The lowest BCUT2D eigenvalue weighted by Gasteiger charge is -2.16. The SMILES string of the molecule is COc1cc(C[NH+](C)CC(=O)Nc2ccc(F)cc2Cl)ccc1OC(F)F. The molecule has 9 heteroatoms. The number of ether oxygens (including phenoxy) is 2. The Hall–Kier alpha value is -2.45. The van der Waals surface area contributed by atoms with Crippen LogP contribution in [0.25, 0.3) is 0 Å². The Morgan fingerprint density at radius 3 is 2.59 bits per heavy atom. The second-order valence-corrected chi connectivity index (χ2v) is 6.25. The van der Waals surface area contributed by atoms with Gasteiger partial charge in [-0.25, -0.2) is 4.39 Å². The van der Waals surface area contributed by atoms with Crippen molar-refractivity contribution in [2.24, 2.45) is 0 Å². The number of carbonyl (C=O) groups excluding carboxylic acids is 1. The summed E-state index contributed by atoms with van der Waals surface area (Å²) in [7, 11) is 3.15. The fourth-order valence-corrected chi connectivity index (χ4v) is 2.70. The number of hydrogen-bond acceptors (Lipinski definition) is 3. The molecule has 0 bridgehead atoms. The zero-order valence-electron chi connectivity index (χ0n) is 14.7. The number of likely N-dealkylation sites (N-methyl/N-ethyl adjacent to an activating group) is 1. The van der Waals surface area contributed by atoms with E-state index in [0.29, 0.717) is 12.2 Å². The Kier molecular flexibility index (Phi) is 7.32. The second-order valence-electron chi connectivity index (χ2n) is 5.85. The highest BCUT2D eigenvalue weighted by Crippen LogP contribution is 2.29. The van der Waals surface area contributed by atoms with Crippen LogP contribution in [0, 0.1) is 5.82 Å².